The molecule has 3 rings (SSSR count). The second-order valence-electron chi connectivity index (χ2n) is 7.74. The van der Waals surface area contributed by atoms with Gasteiger partial charge in [0.1, 0.15) is 6.54 Å². The summed E-state index contributed by atoms with van der Waals surface area (Å²) in [6.45, 7) is 1.70. The number of amides is 3. The van der Waals surface area contributed by atoms with Crippen molar-refractivity contribution < 1.29 is 27.6 Å². The molecule has 0 fully saturated rings. The van der Waals surface area contributed by atoms with Crippen molar-refractivity contribution in [1.29, 1.82) is 0 Å². The van der Waals surface area contributed by atoms with E-state index < -0.39 is 42.5 Å². The Balaban J connectivity index is 1.99. The van der Waals surface area contributed by atoms with Gasteiger partial charge in [-0.15, -0.1) is 0 Å². The fourth-order valence-electron chi connectivity index (χ4n) is 3.58. The molecule has 1 aliphatic rings. The Labute approximate surface area is 198 Å². The second-order valence-corrected chi connectivity index (χ2v) is 8.59. The Bertz CT molecular complexity index is 1090. The van der Waals surface area contributed by atoms with Crippen LogP contribution in [0.15, 0.2) is 42.5 Å². The Kier molecular flexibility index (Phi) is 7.23. The maximum absolute atomic E-state index is 13.3. The highest BCUT2D eigenvalue weighted by atomic mass is 35.5. The minimum absolute atomic E-state index is 0.0700. The van der Waals surface area contributed by atoms with E-state index >= 15 is 0 Å². The molecule has 0 saturated heterocycles. The number of rotatable bonds is 5. The van der Waals surface area contributed by atoms with Gasteiger partial charge in [-0.2, -0.15) is 13.2 Å². The van der Waals surface area contributed by atoms with Gasteiger partial charge in [-0.05, 0) is 43.7 Å². The summed E-state index contributed by atoms with van der Waals surface area (Å²) in [6.07, 6.45) is -5.04. The lowest BCUT2D eigenvalue weighted by Gasteiger charge is -2.28. The lowest BCUT2D eigenvalue weighted by atomic mass is 10.1. The molecule has 176 valence electrons. The van der Waals surface area contributed by atoms with E-state index in [2.05, 4.69) is 5.32 Å². The molecule has 6 nitrogen and oxygen atoms in total. The molecule has 0 aliphatic carbocycles. The van der Waals surface area contributed by atoms with E-state index in [0.717, 1.165) is 0 Å². The highest BCUT2D eigenvalue weighted by Crippen LogP contribution is 2.36. The Morgan fingerprint density at radius 1 is 1.06 bits per heavy atom. The zero-order valence-corrected chi connectivity index (χ0v) is 19.1. The van der Waals surface area contributed by atoms with Crippen LogP contribution in [0.3, 0.4) is 0 Å². The monoisotopic (exact) mass is 501 g/mol. The number of fused-ring (bicyclic) bond motifs is 1. The average molecular weight is 502 g/mol. The van der Waals surface area contributed by atoms with Crippen LogP contribution < -0.4 is 15.1 Å². The SMILES string of the molecule is CC(C)N1C(=O)C(NC(=O)Cc2ccc(Cl)cc2Cl)C(=O)N(CC(F)(F)F)c2ccccc21. The van der Waals surface area contributed by atoms with Crippen LogP contribution in [0.5, 0.6) is 0 Å². The Morgan fingerprint density at radius 2 is 1.70 bits per heavy atom. The van der Waals surface area contributed by atoms with Crippen molar-refractivity contribution in [3.8, 4) is 0 Å². The average Bonchev–Trinajstić information content (AvgIpc) is 2.78. The first kappa shape index (κ1) is 24.9. The third-order valence-electron chi connectivity index (χ3n) is 4.95. The summed E-state index contributed by atoms with van der Waals surface area (Å²) in [4.78, 5) is 40.9. The molecule has 33 heavy (non-hydrogen) atoms. The van der Waals surface area contributed by atoms with Gasteiger partial charge in [0.25, 0.3) is 11.8 Å². The van der Waals surface area contributed by atoms with Crippen LogP contribution in [0.2, 0.25) is 10.0 Å². The van der Waals surface area contributed by atoms with Crippen LogP contribution in [0.25, 0.3) is 0 Å². The number of anilines is 2. The van der Waals surface area contributed by atoms with Gasteiger partial charge < -0.3 is 10.2 Å². The summed E-state index contributed by atoms with van der Waals surface area (Å²) in [6, 6.07) is 7.92. The molecular formula is C22H20Cl2F3N3O3. The van der Waals surface area contributed by atoms with Crippen molar-refractivity contribution in [2.45, 2.75) is 38.5 Å². The van der Waals surface area contributed by atoms with Crippen LogP contribution in [-0.2, 0) is 20.8 Å². The van der Waals surface area contributed by atoms with E-state index in [9.17, 15) is 27.6 Å². The Morgan fingerprint density at radius 3 is 2.27 bits per heavy atom. The number of benzene rings is 2. The number of nitrogens with zero attached hydrogens (tertiary/aromatic N) is 2. The van der Waals surface area contributed by atoms with E-state index in [1.807, 2.05) is 0 Å². The summed E-state index contributed by atoms with van der Waals surface area (Å²) in [5, 5.41) is 2.86. The Hall–Kier alpha value is -2.78. The van der Waals surface area contributed by atoms with Crippen LogP contribution in [0.4, 0.5) is 24.5 Å². The van der Waals surface area contributed by atoms with Crippen molar-refractivity contribution in [1.82, 2.24) is 5.32 Å². The van der Waals surface area contributed by atoms with Gasteiger partial charge in [0.05, 0.1) is 17.8 Å². The highest BCUT2D eigenvalue weighted by Gasteiger charge is 2.45. The van der Waals surface area contributed by atoms with E-state index in [0.29, 0.717) is 15.5 Å². The maximum atomic E-state index is 13.3. The number of alkyl halides is 3. The molecule has 0 spiro atoms. The summed E-state index contributed by atoms with van der Waals surface area (Å²) in [5.41, 5.74) is 0.454. The molecule has 0 aromatic heterocycles. The van der Waals surface area contributed by atoms with Gasteiger partial charge in [0, 0.05) is 16.1 Å². The number of carbonyl (C=O) groups excluding carboxylic acids is 3. The van der Waals surface area contributed by atoms with Gasteiger partial charge in [-0.1, -0.05) is 41.4 Å². The summed E-state index contributed by atoms with van der Waals surface area (Å²) < 4.78 is 40.0. The lowest BCUT2D eigenvalue weighted by molar-refractivity contribution is -0.139. The third-order valence-corrected chi connectivity index (χ3v) is 5.54. The first-order valence-electron chi connectivity index (χ1n) is 9.92. The van der Waals surface area contributed by atoms with E-state index in [1.165, 1.54) is 41.3 Å². The summed E-state index contributed by atoms with van der Waals surface area (Å²) in [5.74, 6) is -2.77. The van der Waals surface area contributed by atoms with Crippen LogP contribution in [0.1, 0.15) is 19.4 Å². The van der Waals surface area contributed by atoms with Crippen LogP contribution in [0, 0.1) is 0 Å². The first-order chi connectivity index (χ1) is 15.4. The molecule has 3 amide bonds. The molecule has 1 heterocycles. The van der Waals surface area contributed by atoms with Crippen LogP contribution in [-0.4, -0.2) is 42.5 Å². The largest absolute Gasteiger partial charge is 0.406 e. The quantitative estimate of drug-likeness (QED) is 0.618. The van der Waals surface area contributed by atoms with Crippen molar-refractivity contribution >= 4 is 52.3 Å². The van der Waals surface area contributed by atoms with Crippen molar-refractivity contribution in [3.63, 3.8) is 0 Å². The topological polar surface area (TPSA) is 69.7 Å². The molecule has 0 radical (unpaired) electrons. The standard InChI is InChI=1S/C22H20Cl2F3N3O3/c1-12(2)30-17-6-4-3-5-16(17)29(11-22(25,26)27)20(32)19(21(30)33)28-18(31)9-13-7-8-14(23)10-15(13)24/h3-8,10,12,19H,9,11H2,1-2H3,(H,28,31). The maximum Gasteiger partial charge on any atom is 0.406 e. The summed E-state index contributed by atoms with van der Waals surface area (Å²) >= 11 is 11.9. The molecule has 2 aromatic rings. The van der Waals surface area contributed by atoms with Gasteiger partial charge >= 0.3 is 6.18 Å². The van der Waals surface area contributed by atoms with Gasteiger partial charge in [-0.25, -0.2) is 0 Å². The number of hydrogen-bond donors (Lipinski definition) is 1. The molecule has 1 N–H and O–H groups in total. The predicted octanol–water partition coefficient (Wildman–Crippen LogP) is 4.37. The molecule has 1 unspecified atom stereocenters. The lowest BCUT2D eigenvalue weighted by Crippen LogP contribution is -2.57. The molecule has 1 aliphatic heterocycles. The smallest absolute Gasteiger partial charge is 0.336 e. The number of hydrogen-bond acceptors (Lipinski definition) is 3. The minimum Gasteiger partial charge on any atom is -0.336 e. The van der Waals surface area contributed by atoms with Crippen molar-refractivity contribution in [2.75, 3.05) is 16.3 Å². The first-order valence-corrected chi connectivity index (χ1v) is 10.7. The molecule has 2 aromatic carbocycles. The van der Waals surface area contributed by atoms with Gasteiger partial charge in [-0.3, -0.25) is 19.3 Å². The summed E-state index contributed by atoms with van der Waals surface area (Å²) in [7, 11) is 0. The van der Waals surface area contributed by atoms with Crippen molar-refractivity contribution in [2.24, 2.45) is 0 Å². The number of para-hydroxylation sites is 2. The molecule has 0 saturated carbocycles. The normalized spacial score (nSPS) is 16.7. The molecule has 1 atom stereocenters. The van der Waals surface area contributed by atoms with Crippen LogP contribution >= 0.6 is 23.2 Å². The van der Waals surface area contributed by atoms with E-state index in [4.69, 9.17) is 23.2 Å². The molecular weight excluding hydrogens is 482 g/mol. The minimum atomic E-state index is -4.73. The fourth-order valence-corrected chi connectivity index (χ4v) is 4.06. The zero-order chi connectivity index (χ0) is 24.5. The second kappa shape index (κ2) is 9.61. The number of carbonyl (C=O) groups is 3. The fraction of sp³-hybridized carbons (Fsp3) is 0.318. The molecule has 0 bridgehead atoms. The van der Waals surface area contributed by atoms with Gasteiger partial charge in [0.2, 0.25) is 5.91 Å². The third kappa shape index (κ3) is 5.59. The zero-order valence-electron chi connectivity index (χ0n) is 17.6. The number of nitrogens with one attached hydrogen (secondary N) is 1. The van der Waals surface area contributed by atoms with E-state index in [-0.39, 0.29) is 22.8 Å². The highest BCUT2D eigenvalue weighted by molar-refractivity contribution is 6.35. The van der Waals surface area contributed by atoms with E-state index in [1.54, 1.807) is 19.9 Å². The molecule has 11 heteroatoms. The van der Waals surface area contributed by atoms with Crippen molar-refractivity contribution in [3.05, 3.63) is 58.1 Å². The predicted molar refractivity (Wildman–Crippen MR) is 120 cm³/mol. The number of halogens is 5. The van der Waals surface area contributed by atoms with Gasteiger partial charge in [0.15, 0.2) is 6.04 Å².